The summed E-state index contributed by atoms with van der Waals surface area (Å²) in [7, 11) is 0. The first-order chi connectivity index (χ1) is 15.9. The van der Waals surface area contributed by atoms with Gasteiger partial charge in [-0.25, -0.2) is 0 Å². The van der Waals surface area contributed by atoms with Crippen LogP contribution in [-0.2, 0) is 22.7 Å². The number of benzene rings is 3. The van der Waals surface area contributed by atoms with Gasteiger partial charge in [0.25, 0.3) is 11.8 Å². The lowest BCUT2D eigenvalue weighted by atomic mass is 9.99. The Labute approximate surface area is 200 Å². The average molecular weight is 459 g/mol. The van der Waals surface area contributed by atoms with E-state index in [-0.39, 0.29) is 18.4 Å². The largest absolute Gasteiger partial charge is 0.362 e. The van der Waals surface area contributed by atoms with Gasteiger partial charge in [0, 0.05) is 18.1 Å². The van der Waals surface area contributed by atoms with E-state index < -0.39 is 0 Å². The van der Waals surface area contributed by atoms with Gasteiger partial charge in [0.15, 0.2) is 0 Å². The predicted octanol–water partition coefficient (Wildman–Crippen LogP) is 5.76. The lowest BCUT2D eigenvalue weighted by molar-refractivity contribution is -0.138. The summed E-state index contributed by atoms with van der Waals surface area (Å²) in [5, 5.41) is 0.618. The average Bonchev–Trinajstić information content (AvgIpc) is 3.06. The number of rotatable bonds is 7. The van der Waals surface area contributed by atoms with Crippen molar-refractivity contribution in [3.63, 3.8) is 0 Å². The number of carbonyl (C=O) groups is 2. The molecule has 0 saturated heterocycles. The highest BCUT2D eigenvalue weighted by Gasteiger charge is 2.41. The Kier molecular flexibility index (Phi) is 6.66. The summed E-state index contributed by atoms with van der Waals surface area (Å²) in [5.74, 6) is -0.527. The summed E-state index contributed by atoms with van der Waals surface area (Å²) in [5.41, 5.74) is 5.87. The van der Waals surface area contributed by atoms with Crippen molar-refractivity contribution in [1.82, 2.24) is 9.80 Å². The number of aryl methyl sites for hydroxylation is 2. The molecule has 3 aromatic rings. The van der Waals surface area contributed by atoms with Crippen LogP contribution in [0.25, 0.3) is 5.57 Å². The van der Waals surface area contributed by atoms with Crippen LogP contribution < -0.4 is 0 Å². The first kappa shape index (κ1) is 22.8. The van der Waals surface area contributed by atoms with Crippen molar-refractivity contribution >= 4 is 29.0 Å². The van der Waals surface area contributed by atoms with Crippen molar-refractivity contribution in [2.24, 2.45) is 0 Å². The van der Waals surface area contributed by atoms with Gasteiger partial charge in [0.05, 0.1) is 12.1 Å². The first-order valence-corrected chi connectivity index (χ1v) is 11.5. The van der Waals surface area contributed by atoms with Crippen LogP contribution in [0.4, 0.5) is 0 Å². The van der Waals surface area contributed by atoms with Gasteiger partial charge in [-0.05, 0) is 60.7 Å². The molecule has 0 aromatic heterocycles. The second-order valence-electron chi connectivity index (χ2n) is 8.35. The Morgan fingerprint density at radius 1 is 0.818 bits per heavy atom. The molecule has 0 unspecified atom stereocenters. The molecule has 0 fully saturated rings. The van der Waals surface area contributed by atoms with Crippen molar-refractivity contribution in [2.75, 3.05) is 6.54 Å². The van der Waals surface area contributed by atoms with Crippen molar-refractivity contribution in [3.05, 3.63) is 111 Å². The minimum atomic E-state index is -0.264. The van der Waals surface area contributed by atoms with Crippen LogP contribution in [0.3, 0.4) is 0 Å². The van der Waals surface area contributed by atoms with Crippen molar-refractivity contribution in [3.8, 4) is 0 Å². The number of hydrogen-bond acceptors (Lipinski definition) is 3. The minimum Gasteiger partial charge on any atom is -0.362 e. The van der Waals surface area contributed by atoms with E-state index in [1.54, 1.807) is 12.1 Å². The normalized spacial score (nSPS) is 13.8. The third-order valence-corrected chi connectivity index (χ3v) is 6.36. The SMILES string of the molecule is CCN(Cc1ccccc1)C1=C(c2ccc(C)c(C)c2)C(=O)N(Cc2ccc(Cl)cc2)C1=O. The molecular formula is C28H27ClN2O2. The molecule has 3 aromatic carbocycles. The molecule has 0 bridgehead atoms. The smallest absolute Gasteiger partial charge is 0.278 e. The first-order valence-electron chi connectivity index (χ1n) is 11.1. The lowest BCUT2D eigenvalue weighted by Crippen LogP contribution is -2.34. The van der Waals surface area contributed by atoms with Gasteiger partial charge >= 0.3 is 0 Å². The predicted molar refractivity (Wildman–Crippen MR) is 132 cm³/mol. The van der Waals surface area contributed by atoms with Crippen LogP contribution in [0.2, 0.25) is 5.02 Å². The number of hydrogen-bond donors (Lipinski definition) is 0. The second-order valence-corrected chi connectivity index (χ2v) is 8.78. The van der Waals surface area contributed by atoms with Crippen LogP contribution >= 0.6 is 11.6 Å². The molecule has 168 valence electrons. The van der Waals surface area contributed by atoms with E-state index in [9.17, 15) is 9.59 Å². The number of amides is 2. The molecule has 1 aliphatic rings. The van der Waals surface area contributed by atoms with E-state index in [1.807, 2.05) is 86.3 Å². The maximum atomic E-state index is 13.7. The Morgan fingerprint density at radius 2 is 1.52 bits per heavy atom. The van der Waals surface area contributed by atoms with Crippen LogP contribution in [0, 0.1) is 13.8 Å². The Morgan fingerprint density at radius 3 is 2.15 bits per heavy atom. The third-order valence-electron chi connectivity index (χ3n) is 6.11. The highest BCUT2D eigenvalue weighted by Crippen LogP contribution is 2.34. The Balaban J connectivity index is 1.77. The van der Waals surface area contributed by atoms with E-state index in [2.05, 4.69) is 0 Å². The van der Waals surface area contributed by atoms with E-state index in [0.717, 1.165) is 27.8 Å². The molecule has 2 amide bonds. The zero-order chi connectivity index (χ0) is 23.5. The molecule has 4 nitrogen and oxygen atoms in total. The fraction of sp³-hybridized carbons (Fsp3) is 0.214. The second kappa shape index (κ2) is 9.63. The molecule has 1 heterocycles. The van der Waals surface area contributed by atoms with Crippen molar-refractivity contribution in [1.29, 1.82) is 0 Å². The van der Waals surface area contributed by atoms with Gasteiger partial charge < -0.3 is 4.90 Å². The fourth-order valence-electron chi connectivity index (χ4n) is 4.08. The molecule has 0 N–H and O–H groups in total. The van der Waals surface area contributed by atoms with E-state index in [0.29, 0.717) is 29.4 Å². The van der Waals surface area contributed by atoms with Crippen molar-refractivity contribution in [2.45, 2.75) is 33.9 Å². The number of carbonyl (C=O) groups excluding carboxylic acids is 2. The van der Waals surface area contributed by atoms with Gasteiger partial charge in [0.2, 0.25) is 0 Å². The van der Waals surface area contributed by atoms with Crippen LogP contribution in [0.15, 0.2) is 78.5 Å². The number of imide groups is 1. The molecule has 0 atom stereocenters. The maximum absolute atomic E-state index is 13.7. The van der Waals surface area contributed by atoms with Gasteiger partial charge in [-0.2, -0.15) is 0 Å². The summed E-state index contributed by atoms with van der Waals surface area (Å²) in [4.78, 5) is 30.7. The van der Waals surface area contributed by atoms with Crippen molar-refractivity contribution < 1.29 is 9.59 Å². The number of nitrogens with zero attached hydrogens (tertiary/aromatic N) is 2. The summed E-state index contributed by atoms with van der Waals surface area (Å²) >= 11 is 6.01. The van der Waals surface area contributed by atoms with Gasteiger partial charge in [0.1, 0.15) is 5.70 Å². The lowest BCUT2D eigenvalue weighted by Gasteiger charge is -2.25. The molecule has 0 aliphatic carbocycles. The van der Waals surface area contributed by atoms with Crippen LogP contribution in [0.5, 0.6) is 0 Å². The van der Waals surface area contributed by atoms with Crippen LogP contribution in [-0.4, -0.2) is 28.2 Å². The molecule has 0 spiro atoms. The summed E-state index contributed by atoms with van der Waals surface area (Å²) < 4.78 is 0. The standard InChI is InChI=1S/C28H27ClN2O2/c1-4-30(17-21-8-6-5-7-9-21)26-25(23-13-10-19(2)20(3)16-23)27(32)31(28(26)33)18-22-11-14-24(29)15-12-22/h5-16H,4,17-18H2,1-3H3. The molecular weight excluding hydrogens is 432 g/mol. The molecule has 1 aliphatic heterocycles. The molecule has 4 rings (SSSR count). The summed E-state index contributed by atoms with van der Waals surface area (Å²) in [6.45, 7) is 7.42. The number of likely N-dealkylation sites (N-methyl/N-ethyl adjacent to an activating group) is 1. The zero-order valence-electron chi connectivity index (χ0n) is 19.1. The molecule has 0 radical (unpaired) electrons. The van der Waals surface area contributed by atoms with Crippen LogP contribution in [0.1, 0.15) is 34.7 Å². The van der Waals surface area contributed by atoms with Gasteiger partial charge in [-0.15, -0.1) is 0 Å². The fourth-order valence-corrected chi connectivity index (χ4v) is 4.21. The van der Waals surface area contributed by atoms with Gasteiger partial charge in [-0.1, -0.05) is 72.3 Å². The molecule has 0 saturated carbocycles. The topological polar surface area (TPSA) is 40.6 Å². The summed E-state index contributed by atoms with van der Waals surface area (Å²) in [6, 6.07) is 23.2. The Bertz CT molecular complexity index is 1220. The van der Waals surface area contributed by atoms with E-state index in [1.165, 1.54) is 4.90 Å². The van der Waals surface area contributed by atoms with E-state index >= 15 is 0 Å². The zero-order valence-corrected chi connectivity index (χ0v) is 19.9. The highest BCUT2D eigenvalue weighted by molar-refractivity contribution is 6.35. The minimum absolute atomic E-state index is 0.204. The summed E-state index contributed by atoms with van der Waals surface area (Å²) in [6.07, 6.45) is 0. The monoisotopic (exact) mass is 458 g/mol. The van der Waals surface area contributed by atoms with Gasteiger partial charge in [-0.3, -0.25) is 14.5 Å². The third kappa shape index (κ3) is 4.71. The number of halogens is 1. The van der Waals surface area contributed by atoms with E-state index in [4.69, 9.17) is 11.6 Å². The maximum Gasteiger partial charge on any atom is 0.278 e. The molecule has 33 heavy (non-hydrogen) atoms. The molecule has 5 heteroatoms. The quantitative estimate of drug-likeness (QED) is 0.423. The highest BCUT2D eigenvalue weighted by atomic mass is 35.5. The Hall–Kier alpha value is -3.37.